The largest absolute Gasteiger partial charge is 0.350 e. The summed E-state index contributed by atoms with van der Waals surface area (Å²) in [6.45, 7) is 10.1. The number of amides is 1. The second-order valence-electron chi connectivity index (χ2n) is 6.79. The third-order valence-electron chi connectivity index (χ3n) is 4.19. The summed E-state index contributed by atoms with van der Waals surface area (Å²) in [4.78, 5) is 12.1. The van der Waals surface area contributed by atoms with Crippen molar-refractivity contribution in [2.24, 2.45) is 11.3 Å². The lowest BCUT2D eigenvalue weighted by Gasteiger charge is -2.33. The van der Waals surface area contributed by atoms with Crippen molar-refractivity contribution < 1.29 is 4.79 Å². The van der Waals surface area contributed by atoms with E-state index < -0.39 is 0 Å². The van der Waals surface area contributed by atoms with Crippen molar-refractivity contribution in [1.29, 1.82) is 0 Å². The molecule has 1 aliphatic rings. The van der Waals surface area contributed by atoms with Gasteiger partial charge in [-0.15, -0.1) is 17.5 Å². The molecule has 1 aromatic heterocycles. The molecule has 0 atom stereocenters. The van der Waals surface area contributed by atoms with Gasteiger partial charge in [0.2, 0.25) is 0 Å². The number of hydrogen-bond acceptors (Lipinski definition) is 4. The van der Waals surface area contributed by atoms with Crippen LogP contribution in [0.4, 0.5) is 0 Å². The summed E-state index contributed by atoms with van der Waals surface area (Å²) in [5.41, 5.74) is 0.602. The molecule has 1 aromatic rings. The zero-order chi connectivity index (χ0) is 15.3. The second kappa shape index (κ2) is 8.48. The van der Waals surface area contributed by atoms with E-state index >= 15 is 0 Å². The van der Waals surface area contributed by atoms with Gasteiger partial charge < -0.3 is 10.6 Å². The second-order valence-corrected chi connectivity index (χ2v) is 6.79. The van der Waals surface area contributed by atoms with Crippen LogP contribution in [0.25, 0.3) is 0 Å². The first-order valence-electron chi connectivity index (χ1n) is 7.88. The molecule has 1 saturated heterocycles. The van der Waals surface area contributed by atoms with Crippen LogP contribution >= 0.6 is 12.4 Å². The highest BCUT2D eigenvalue weighted by Crippen LogP contribution is 2.26. The third-order valence-corrected chi connectivity index (χ3v) is 4.19. The summed E-state index contributed by atoms with van der Waals surface area (Å²) < 4.78 is 1.75. The first-order valence-corrected chi connectivity index (χ1v) is 7.88. The lowest BCUT2D eigenvalue weighted by molar-refractivity contribution is 0.0917. The molecule has 1 aliphatic heterocycles. The summed E-state index contributed by atoms with van der Waals surface area (Å²) in [6.07, 6.45) is 4.96. The van der Waals surface area contributed by atoms with Crippen molar-refractivity contribution in [3.8, 4) is 0 Å². The lowest BCUT2D eigenvalue weighted by atomic mass is 9.81. The van der Waals surface area contributed by atoms with E-state index in [0.717, 1.165) is 38.9 Å². The van der Waals surface area contributed by atoms with Gasteiger partial charge in [-0.25, -0.2) is 0 Å². The maximum atomic E-state index is 12.1. The van der Waals surface area contributed by atoms with Crippen molar-refractivity contribution in [3.05, 3.63) is 11.9 Å². The number of carbonyl (C=O) groups is 1. The van der Waals surface area contributed by atoms with Crippen LogP contribution in [0, 0.1) is 11.3 Å². The van der Waals surface area contributed by atoms with Crippen LogP contribution in [0.1, 0.15) is 50.5 Å². The van der Waals surface area contributed by atoms with E-state index in [2.05, 4.69) is 41.7 Å². The maximum absolute atomic E-state index is 12.1. The normalized spacial score (nSPS) is 17.1. The van der Waals surface area contributed by atoms with Crippen LogP contribution in [-0.2, 0) is 6.54 Å². The number of nitrogens with zero attached hydrogens (tertiary/aromatic N) is 3. The Morgan fingerprint density at radius 1 is 1.45 bits per heavy atom. The fourth-order valence-corrected chi connectivity index (χ4v) is 2.49. The van der Waals surface area contributed by atoms with E-state index in [1.165, 1.54) is 0 Å². The van der Waals surface area contributed by atoms with Gasteiger partial charge in [0.25, 0.3) is 5.91 Å². The number of halogens is 1. The number of aryl methyl sites for hydroxylation is 1. The monoisotopic (exact) mass is 329 g/mol. The van der Waals surface area contributed by atoms with Gasteiger partial charge in [0.15, 0.2) is 5.69 Å². The van der Waals surface area contributed by atoms with Gasteiger partial charge >= 0.3 is 0 Å². The average molecular weight is 330 g/mol. The molecule has 1 amide bonds. The first-order chi connectivity index (χ1) is 9.98. The zero-order valence-corrected chi connectivity index (χ0v) is 14.6. The molecule has 2 rings (SSSR count). The predicted octanol–water partition coefficient (Wildman–Crippen LogP) is 1.87. The molecule has 0 aromatic carbocycles. The predicted molar refractivity (Wildman–Crippen MR) is 89.3 cm³/mol. The van der Waals surface area contributed by atoms with Crippen LogP contribution in [0.5, 0.6) is 0 Å². The van der Waals surface area contributed by atoms with Gasteiger partial charge in [-0.3, -0.25) is 9.48 Å². The number of nitrogens with one attached hydrogen (secondary N) is 2. The minimum atomic E-state index is -0.120. The summed E-state index contributed by atoms with van der Waals surface area (Å²) in [6, 6.07) is 0. The molecule has 0 spiro atoms. The smallest absolute Gasteiger partial charge is 0.273 e. The van der Waals surface area contributed by atoms with Crippen molar-refractivity contribution >= 4 is 18.3 Å². The third kappa shape index (κ3) is 5.57. The molecule has 22 heavy (non-hydrogen) atoms. The van der Waals surface area contributed by atoms with Crippen LogP contribution < -0.4 is 10.6 Å². The number of hydrogen-bond donors (Lipinski definition) is 2. The molecular weight excluding hydrogens is 302 g/mol. The molecule has 0 bridgehead atoms. The SMILES string of the molecule is CC(C)CCn1cc(C(=O)NCC2(C)CCNCC2)nn1.Cl. The Kier molecular flexibility index (Phi) is 7.29. The highest BCUT2D eigenvalue weighted by Gasteiger charge is 2.27. The van der Waals surface area contributed by atoms with Gasteiger partial charge in [0.1, 0.15) is 0 Å². The van der Waals surface area contributed by atoms with Crippen LogP contribution in [0.3, 0.4) is 0 Å². The minimum absolute atomic E-state index is 0. The number of rotatable bonds is 6. The zero-order valence-electron chi connectivity index (χ0n) is 13.8. The molecule has 0 aliphatic carbocycles. The van der Waals surface area contributed by atoms with E-state index in [1.54, 1.807) is 10.9 Å². The van der Waals surface area contributed by atoms with Gasteiger partial charge in [-0.2, -0.15) is 0 Å². The van der Waals surface area contributed by atoms with Gasteiger partial charge in [-0.1, -0.05) is 26.0 Å². The van der Waals surface area contributed by atoms with Crippen molar-refractivity contribution in [2.45, 2.75) is 46.6 Å². The fourth-order valence-electron chi connectivity index (χ4n) is 2.49. The van der Waals surface area contributed by atoms with E-state index in [4.69, 9.17) is 0 Å². The number of piperidine rings is 1. The van der Waals surface area contributed by atoms with Crippen LogP contribution in [0.15, 0.2) is 6.20 Å². The number of carbonyl (C=O) groups excluding carboxylic acids is 1. The highest BCUT2D eigenvalue weighted by atomic mass is 35.5. The van der Waals surface area contributed by atoms with Gasteiger partial charge in [-0.05, 0) is 43.7 Å². The molecule has 2 N–H and O–H groups in total. The Balaban J connectivity index is 0.00000242. The minimum Gasteiger partial charge on any atom is -0.350 e. The van der Waals surface area contributed by atoms with E-state index in [9.17, 15) is 4.79 Å². The van der Waals surface area contributed by atoms with E-state index in [1.807, 2.05) is 0 Å². The van der Waals surface area contributed by atoms with Gasteiger partial charge in [0.05, 0.1) is 6.20 Å². The Bertz CT molecular complexity index is 468. The molecule has 0 saturated carbocycles. The molecule has 2 heterocycles. The van der Waals surface area contributed by atoms with Gasteiger partial charge in [0, 0.05) is 13.1 Å². The molecule has 0 radical (unpaired) electrons. The molecule has 7 heteroatoms. The topological polar surface area (TPSA) is 71.8 Å². The summed E-state index contributed by atoms with van der Waals surface area (Å²) in [5.74, 6) is 0.497. The maximum Gasteiger partial charge on any atom is 0.273 e. The fraction of sp³-hybridized carbons (Fsp3) is 0.800. The number of aromatic nitrogens is 3. The van der Waals surface area contributed by atoms with Crippen LogP contribution in [0.2, 0.25) is 0 Å². The summed E-state index contributed by atoms with van der Waals surface area (Å²) >= 11 is 0. The summed E-state index contributed by atoms with van der Waals surface area (Å²) in [7, 11) is 0. The van der Waals surface area contributed by atoms with Crippen molar-refractivity contribution in [2.75, 3.05) is 19.6 Å². The standard InChI is InChI=1S/C15H27N5O.ClH/c1-12(2)4-9-20-10-13(18-19-20)14(21)17-11-15(3)5-7-16-8-6-15;/h10,12,16H,4-9,11H2,1-3H3,(H,17,21);1H. The molecule has 0 unspecified atom stereocenters. The van der Waals surface area contributed by atoms with E-state index in [-0.39, 0.29) is 23.7 Å². The Morgan fingerprint density at radius 3 is 2.77 bits per heavy atom. The summed E-state index contributed by atoms with van der Waals surface area (Å²) in [5, 5.41) is 14.3. The Labute approximate surface area is 138 Å². The highest BCUT2D eigenvalue weighted by molar-refractivity contribution is 5.91. The molecule has 6 nitrogen and oxygen atoms in total. The average Bonchev–Trinajstić information content (AvgIpc) is 2.92. The lowest BCUT2D eigenvalue weighted by Crippen LogP contribution is -2.43. The van der Waals surface area contributed by atoms with Crippen molar-refractivity contribution in [3.63, 3.8) is 0 Å². The Hall–Kier alpha value is -1.14. The van der Waals surface area contributed by atoms with Crippen LogP contribution in [-0.4, -0.2) is 40.5 Å². The first kappa shape index (κ1) is 18.9. The quantitative estimate of drug-likeness (QED) is 0.835. The molecule has 1 fully saturated rings. The van der Waals surface area contributed by atoms with E-state index in [0.29, 0.717) is 18.2 Å². The molecular formula is C15H28ClN5O. The Morgan fingerprint density at radius 2 is 2.14 bits per heavy atom. The van der Waals surface area contributed by atoms with Crippen molar-refractivity contribution in [1.82, 2.24) is 25.6 Å². The molecule has 126 valence electrons.